The highest BCUT2D eigenvalue weighted by Crippen LogP contribution is 2.19. The summed E-state index contributed by atoms with van der Waals surface area (Å²) in [6.45, 7) is 6.67. The number of esters is 3. The van der Waals surface area contributed by atoms with Crippen molar-refractivity contribution in [1.29, 1.82) is 0 Å². The van der Waals surface area contributed by atoms with Gasteiger partial charge in [0.2, 0.25) is 0 Å². The Morgan fingerprint density at radius 1 is 0.260 bits per heavy atom. The van der Waals surface area contributed by atoms with Crippen LogP contribution in [0.4, 0.5) is 0 Å². The van der Waals surface area contributed by atoms with Crippen molar-refractivity contribution in [2.45, 2.75) is 399 Å². The van der Waals surface area contributed by atoms with Gasteiger partial charge in [0.1, 0.15) is 13.2 Å². The number of carbonyl (C=O) groups is 3. The van der Waals surface area contributed by atoms with E-state index in [1.54, 1.807) is 0 Å². The van der Waals surface area contributed by atoms with E-state index < -0.39 is 6.10 Å². The number of hydrogen-bond donors (Lipinski definition) is 0. The van der Waals surface area contributed by atoms with Crippen molar-refractivity contribution >= 4 is 17.9 Å². The Hall–Kier alpha value is -2.11. The Bertz CT molecular complexity index is 1240. The van der Waals surface area contributed by atoms with Gasteiger partial charge in [-0.05, 0) is 51.4 Å². The van der Waals surface area contributed by atoms with E-state index in [0.717, 1.165) is 64.2 Å². The number of rotatable bonds is 65. The van der Waals surface area contributed by atoms with E-state index in [9.17, 15) is 14.4 Å². The average molecular weight is 1080 g/mol. The third-order valence-corrected chi connectivity index (χ3v) is 16.0. The van der Waals surface area contributed by atoms with Crippen LogP contribution in [-0.2, 0) is 28.6 Å². The van der Waals surface area contributed by atoms with Gasteiger partial charge in [-0.3, -0.25) is 14.4 Å². The van der Waals surface area contributed by atoms with Crippen molar-refractivity contribution in [2.75, 3.05) is 13.2 Å². The van der Waals surface area contributed by atoms with Crippen molar-refractivity contribution < 1.29 is 28.6 Å². The summed E-state index contributed by atoms with van der Waals surface area (Å²) in [5, 5.41) is 0. The highest BCUT2D eigenvalue weighted by Gasteiger charge is 2.19. The van der Waals surface area contributed by atoms with Crippen molar-refractivity contribution in [1.82, 2.24) is 0 Å². The fourth-order valence-corrected chi connectivity index (χ4v) is 10.7. The lowest BCUT2D eigenvalue weighted by Crippen LogP contribution is -2.30. The van der Waals surface area contributed by atoms with Crippen LogP contribution < -0.4 is 0 Å². The standard InChI is InChI=1S/C71H134O6/c1-4-7-10-13-16-19-21-23-25-27-29-30-31-32-33-34-35-36-37-38-39-40-41-42-43-45-46-48-50-52-55-58-61-64-70(73)76-67-68(66-75-69(72)63-60-57-54-18-15-12-9-6-3)77-71(74)65-62-59-56-53-51-49-47-44-28-26-24-22-20-17-14-11-8-5-2/h21,23,27,29,68H,4-20,22,24-26,28,30-67H2,1-3H3/b23-21-,29-27-. The van der Waals surface area contributed by atoms with Crippen LogP contribution in [-0.4, -0.2) is 37.2 Å². The van der Waals surface area contributed by atoms with Crippen LogP contribution in [0.1, 0.15) is 393 Å². The zero-order chi connectivity index (χ0) is 55.7. The molecule has 0 aromatic heterocycles. The lowest BCUT2D eigenvalue weighted by atomic mass is 10.0. The van der Waals surface area contributed by atoms with Crippen LogP contribution in [0.25, 0.3) is 0 Å². The number of carbonyl (C=O) groups excluding carboxylic acids is 3. The summed E-state index contributed by atoms with van der Waals surface area (Å²) in [5.74, 6) is -0.838. The monoisotopic (exact) mass is 1080 g/mol. The summed E-state index contributed by atoms with van der Waals surface area (Å²) in [6.07, 6.45) is 80.9. The van der Waals surface area contributed by atoms with Gasteiger partial charge in [0.15, 0.2) is 6.10 Å². The maximum atomic E-state index is 12.9. The molecule has 0 heterocycles. The molecule has 1 atom stereocenters. The highest BCUT2D eigenvalue weighted by molar-refractivity contribution is 5.71. The zero-order valence-electron chi connectivity index (χ0n) is 52.3. The molecular weight excluding hydrogens is 949 g/mol. The summed E-state index contributed by atoms with van der Waals surface area (Å²) in [4.78, 5) is 38.2. The van der Waals surface area contributed by atoms with Crippen molar-refractivity contribution in [3.05, 3.63) is 24.3 Å². The van der Waals surface area contributed by atoms with E-state index >= 15 is 0 Å². The molecule has 0 aliphatic rings. The predicted molar refractivity (Wildman–Crippen MR) is 335 cm³/mol. The Labute approximate surface area is 481 Å². The second-order valence-corrected chi connectivity index (χ2v) is 23.8. The molecule has 454 valence electrons. The van der Waals surface area contributed by atoms with Gasteiger partial charge in [-0.1, -0.05) is 347 Å². The number of unbranched alkanes of at least 4 members (excludes halogenated alkanes) is 50. The molecule has 6 nitrogen and oxygen atoms in total. The first kappa shape index (κ1) is 74.9. The molecule has 0 bridgehead atoms. The Balaban J connectivity index is 3.98. The molecule has 0 aliphatic heterocycles. The first-order chi connectivity index (χ1) is 38.0. The molecule has 0 aromatic rings. The quantitative estimate of drug-likeness (QED) is 0.0261. The van der Waals surface area contributed by atoms with Crippen molar-refractivity contribution in [2.24, 2.45) is 0 Å². The van der Waals surface area contributed by atoms with Crippen molar-refractivity contribution in [3.8, 4) is 0 Å². The van der Waals surface area contributed by atoms with Crippen LogP contribution >= 0.6 is 0 Å². The average Bonchev–Trinajstić information content (AvgIpc) is 3.43. The van der Waals surface area contributed by atoms with E-state index in [-0.39, 0.29) is 31.1 Å². The van der Waals surface area contributed by atoms with Gasteiger partial charge in [-0.15, -0.1) is 0 Å². The van der Waals surface area contributed by atoms with E-state index in [2.05, 4.69) is 45.1 Å². The van der Waals surface area contributed by atoms with Gasteiger partial charge in [0, 0.05) is 19.3 Å². The third kappa shape index (κ3) is 64.6. The topological polar surface area (TPSA) is 78.9 Å². The number of ether oxygens (including phenoxy) is 3. The molecule has 77 heavy (non-hydrogen) atoms. The van der Waals surface area contributed by atoms with Gasteiger partial charge in [0.25, 0.3) is 0 Å². The molecule has 0 spiro atoms. The molecule has 0 saturated heterocycles. The number of hydrogen-bond acceptors (Lipinski definition) is 6. The molecule has 0 N–H and O–H groups in total. The minimum Gasteiger partial charge on any atom is -0.462 e. The molecule has 1 unspecified atom stereocenters. The van der Waals surface area contributed by atoms with Crippen LogP contribution in [0.5, 0.6) is 0 Å². The fraction of sp³-hybridized carbons (Fsp3) is 0.901. The summed E-state index contributed by atoms with van der Waals surface area (Å²) in [6, 6.07) is 0. The SMILES string of the molecule is CCCCCCC/C=C\C/C=C\CCCCCCCCCCCCCCCCCCCCCCCC(=O)OCC(COC(=O)CCCCCCCCCC)OC(=O)CCCCCCCCCCCCCCCCCCCC. The Kier molecular flexibility index (Phi) is 64.6. The molecule has 0 aliphatic carbocycles. The van der Waals surface area contributed by atoms with E-state index in [1.165, 1.54) is 289 Å². The maximum Gasteiger partial charge on any atom is 0.306 e. The van der Waals surface area contributed by atoms with Crippen LogP contribution in [0, 0.1) is 0 Å². The molecule has 0 aromatic carbocycles. The van der Waals surface area contributed by atoms with Crippen molar-refractivity contribution in [3.63, 3.8) is 0 Å². The molecule has 0 fully saturated rings. The van der Waals surface area contributed by atoms with Crippen LogP contribution in [0.2, 0.25) is 0 Å². The Morgan fingerprint density at radius 2 is 0.468 bits per heavy atom. The van der Waals surface area contributed by atoms with Crippen LogP contribution in [0.15, 0.2) is 24.3 Å². The second-order valence-electron chi connectivity index (χ2n) is 23.8. The number of allylic oxidation sites excluding steroid dienone is 4. The summed E-state index contributed by atoms with van der Waals surface area (Å²) < 4.78 is 16.9. The minimum atomic E-state index is -0.764. The third-order valence-electron chi connectivity index (χ3n) is 16.0. The van der Waals surface area contributed by atoms with E-state index in [1.807, 2.05) is 0 Å². The summed E-state index contributed by atoms with van der Waals surface area (Å²) >= 11 is 0. The Morgan fingerprint density at radius 3 is 0.714 bits per heavy atom. The summed E-state index contributed by atoms with van der Waals surface area (Å²) in [7, 11) is 0. The normalized spacial score (nSPS) is 12.1. The van der Waals surface area contributed by atoms with Gasteiger partial charge >= 0.3 is 17.9 Å². The molecule has 0 amide bonds. The first-order valence-electron chi connectivity index (χ1n) is 34.8. The van der Waals surface area contributed by atoms with Gasteiger partial charge in [-0.25, -0.2) is 0 Å². The first-order valence-corrected chi connectivity index (χ1v) is 34.8. The molecule has 6 heteroatoms. The lowest BCUT2D eigenvalue weighted by Gasteiger charge is -2.18. The minimum absolute atomic E-state index is 0.0635. The molecule has 0 radical (unpaired) electrons. The second kappa shape index (κ2) is 66.4. The molecular formula is C71H134O6. The fourth-order valence-electron chi connectivity index (χ4n) is 10.7. The molecule has 0 saturated carbocycles. The van der Waals surface area contributed by atoms with Gasteiger partial charge in [0.05, 0.1) is 0 Å². The largest absolute Gasteiger partial charge is 0.462 e. The van der Waals surface area contributed by atoms with Gasteiger partial charge in [-0.2, -0.15) is 0 Å². The summed E-state index contributed by atoms with van der Waals surface area (Å²) in [5.41, 5.74) is 0. The predicted octanol–water partition coefficient (Wildman–Crippen LogP) is 23.8. The van der Waals surface area contributed by atoms with E-state index in [0.29, 0.717) is 19.3 Å². The maximum absolute atomic E-state index is 12.9. The molecule has 0 rings (SSSR count). The van der Waals surface area contributed by atoms with Crippen LogP contribution in [0.3, 0.4) is 0 Å². The highest BCUT2D eigenvalue weighted by atomic mass is 16.6. The zero-order valence-corrected chi connectivity index (χ0v) is 52.3. The van der Waals surface area contributed by atoms with Gasteiger partial charge < -0.3 is 14.2 Å². The van der Waals surface area contributed by atoms with E-state index in [4.69, 9.17) is 14.2 Å². The lowest BCUT2D eigenvalue weighted by molar-refractivity contribution is -0.167. The smallest absolute Gasteiger partial charge is 0.306 e.